The van der Waals surface area contributed by atoms with Gasteiger partial charge < -0.3 is 5.73 Å². The minimum atomic E-state index is -3.72. The van der Waals surface area contributed by atoms with Gasteiger partial charge in [0.2, 0.25) is 10.0 Å². The molecular weight excluding hydrogens is 250 g/mol. The van der Waals surface area contributed by atoms with Crippen LogP contribution in [-0.2, 0) is 10.0 Å². The lowest BCUT2D eigenvalue weighted by atomic mass is 10.2. The van der Waals surface area contributed by atoms with E-state index in [0.717, 1.165) is 0 Å². The Bertz CT molecular complexity index is 522. The van der Waals surface area contributed by atoms with Crippen LogP contribution in [0, 0.1) is 11.3 Å². The van der Waals surface area contributed by atoms with Crippen LogP contribution in [0.2, 0.25) is 5.02 Å². The lowest BCUT2D eigenvalue weighted by molar-refractivity contribution is 0.582. The lowest BCUT2D eigenvalue weighted by Gasteiger charge is -2.07. The van der Waals surface area contributed by atoms with Crippen LogP contribution in [-0.4, -0.2) is 21.5 Å². The van der Waals surface area contributed by atoms with Crippen LogP contribution in [0.25, 0.3) is 0 Å². The first-order valence-electron chi connectivity index (χ1n) is 4.40. The van der Waals surface area contributed by atoms with Crippen LogP contribution in [0.15, 0.2) is 23.1 Å². The van der Waals surface area contributed by atoms with Crippen molar-refractivity contribution in [3.63, 3.8) is 0 Å². The molecule has 0 saturated heterocycles. The minimum absolute atomic E-state index is 0.0499. The summed E-state index contributed by atoms with van der Waals surface area (Å²) in [7, 11) is -3.72. The maximum atomic E-state index is 11.7. The summed E-state index contributed by atoms with van der Waals surface area (Å²) in [4.78, 5) is -0.129. The van der Waals surface area contributed by atoms with Gasteiger partial charge in [-0.3, -0.25) is 0 Å². The van der Waals surface area contributed by atoms with E-state index in [-0.39, 0.29) is 28.6 Å². The average Bonchev–Trinajstić information content (AvgIpc) is 2.26. The van der Waals surface area contributed by atoms with Gasteiger partial charge in [0, 0.05) is 18.1 Å². The second-order valence-corrected chi connectivity index (χ2v) is 5.11. The third kappa shape index (κ3) is 2.93. The second kappa shape index (κ2) is 5.27. The Morgan fingerprint density at radius 1 is 1.50 bits per heavy atom. The second-order valence-electron chi connectivity index (χ2n) is 2.94. The quantitative estimate of drug-likeness (QED) is 0.820. The number of nitriles is 1. The Balaban J connectivity index is 3.22. The number of nitrogens with two attached hydrogens (primary N) is 1. The van der Waals surface area contributed by atoms with Crippen LogP contribution in [0.1, 0.15) is 5.56 Å². The van der Waals surface area contributed by atoms with E-state index in [1.54, 1.807) is 6.07 Å². The number of hydrogen-bond acceptors (Lipinski definition) is 4. The summed E-state index contributed by atoms with van der Waals surface area (Å²) >= 11 is 5.69. The van der Waals surface area contributed by atoms with E-state index >= 15 is 0 Å². The van der Waals surface area contributed by atoms with Gasteiger partial charge in [-0.25, -0.2) is 13.1 Å². The molecule has 5 nitrogen and oxygen atoms in total. The number of hydrogen-bond donors (Lipinski definition) is 2. The highest BCUT2D eigenvalue weighted by atomic mass is 35.5. The molecule has 0 saturated carbocycles. The van der Waals surface area contributed by atoms with Crippen LogP contribution in [0.4, 0.5) is 0 Å². The fourth-order valence-electron chi connectivity index (χ4n) is 1.08. The van der Waals surface area contributed by atoms with Crippen LogP contribution in [0.5, 0.6) is 0 Å². The SMILES string of the molecule is N#Cc1ccc(Cl)cc1S(=O)(=O)NCCN. The van der Waals surface area contributed by atoms with Crippen LogP contribution >= 0.6 is 11.6 Å². The Labute approximate surface area is 98.9 Å². The maximum Gasteiger partial charge on any atom is 0.241 e. The number of sulfonamides is 1. The first kappa shape index (κ1) is 12.9. The molecule has 0 spiro atoms. The molecule has 0 aliphatic heterocycles. The molecule has 0 heterocycles. The fraction of sp³-hybridized carbons (Fsp3) is 0.222. The smallest absolute Gasteiger partial charge is 0.241 e. The highest BCUT2D eigenvalue weighted by Gasteiger charge is 2.18. The molecule has 0 radical (unpaired) electrons. The Morgan fingerprint density at radius 3 is 2.75 bits per heavy atom. The molecule has 0 aliphatic carbocycles. The Kier molecular flexibility index (Phi) is 4.26. The largest absolute Gasteiger partial charge is 0.329 e. The summed E-state index contributed by atoms with van der Waals surface area (Å²) in [5.41, 5.74) is 5.25. The van der Waals surface area contributed by atoms with Crippen LogP contribution < -0.4 is 10.5 Å². The number of halogens is 1. The zero-order valence-electron chi connectivity index (χ0n) is 8.27. The monoisotopic (exact) mass is 259 g/mol. The van der Waals surface area contributed by atoms with Gasteiger partial charge in [0.25, 0.3) is 0 Å². The van der Waals surface area contributed by atoms with Crippen molar-refractivity contribution in [2.75, 3.05) is 13.1 Å². The van der Waals surface area contributed by atoms with E-state index in [1.807, 2.05) is 0 Å². The predicted octanol–water partition coefficient (Wildman–Crippen LogP) is 0.449. The van der Waals surface area contributed by atoms with Crippen LogP contribution in [0.3, 0.4) is 0 Å². The highest BCUT2D eigenvalue weighted by molar-refractivity contribution is 7.89. The third-order valence-electron chi connectivity index (χ3n) is 1.79. The minimum Gasteiger partial charge on any atom is -0.329 e. The molecule has 1 aromatic rings. The first-order chi connectivity index (χ1) is 7.51. The number of benzene rings is 1. The summed E-state index contributed by atoms with van der Waals surface area (Å²) in [5.74, 6) is 0. The van der Waals surface area contributed by atoms with E-state index in [1.165, 1.54) is 18.2 Å². The molecule has 1 aromatic carbocycles. The van der Waals surface area contributed by atoms with Gasteiger partial charge in [-0.2, -0.15) is 5.26 Å². The summed E-state index contributed by atoms with van der Waals surface area (Å²) in [6, 6.07) is 5.85. The zero-order valence-corrected chi connectivity index (χ0v) is 9.85. The van der Waals surface area contributed by atoms with E-state index in [4.69, 9.17) is 22.6 Å². The Hall–Kier alpha value is -1.13. The summed E-state index contributed by atoms with van der Waals surface area (Å²) < 4.78 is 25.8. The molecule has 0 bridgehead atoms. The van der Waals surface area contributed by atoms with Gasteiger partial charge in [-0.15, -0.1) is 0 Å². The molecule has 0 unspecified atom stereocenters. The molecule has 7 heteroatoms. The van der Waals surface area contributed by atoms with E-state index < -0.39 is 10.0 Å². The van der Waals surface area contributed by atoms with Crippen molar-refractivity contribution >= 4 is 21.6 Å². The molecule has 1 rings (SSSR count). The molecule has 0 fully saturated rings. The number of rotatable bonds is 4. The fourth-order valence-corrected chi connectivity index (χ4v) is 2.55. The molecule has 0 aliphatic rings. The normalized spacial score (nSPS) is 11.1. The van der Waals surface area contributed by atoms with Crippen molar-refractivity contribution in [2.45, 2.75) is 4.90 Å². The summed E-state index contributed by atoms with van der Waals surface area (Å²) in [5, 5.41) is 9.04. The van der Waals surface area contributed by atoms with Gasteiger partial charge in [-0.1, -0.05) is 11.6 Å². The van der Waals surface area contributed by atoms with Gasteiger partial charge in [0.05, 0.1) is 5.56 Å². The van der Waals surface area contributed by atoms with Crippen molar-refractivity contribution in [1.82, 2.24) is 4.72 Å². The average molecular weight is 260 g/mol. The molecule has 0 atom stereocenters. The van der Waals surface area contributed by atoms with E-state index in [0.29, 0.717) is 0 Å². The predicted molar refractivity (Wildman–Crippen MR) is 60.4 cm³/mol. The van der Waals surface area contributed by atoms with Gasteiger partial charge in [0.15, 0.2) is 0 Å². The molecule has 16 heavy (non-hydrogen) atoms. The third-order valence-corrected chi connectivity index (χ3v) is 3.53. The molecule has 3 N–H and O–H groups in total. The van der Waals surface area contributed by atoms with Crippen molar-refractivity contribution < 1.29 is 8.42 Å². The molecule has 86 valence electrons. The van der Waals surface area contributed by atoms with Crippen molar-refractivity contribution in [3.05, 3.63) is 28.8 Å². The molecule has 0 aromatic heterocycles. The van der Waals surface area contributed by atoms with Crippen molar-refractivity contribution in [2.24, 2.45) is 5.73 Å². The number of nitrogens with zero attached hydrogens (tertiary/aromatic N) is 1. The molecule has 0 amide bonds. The topological polar surface area (TPSA) is 96.0 Å². The van der Waals surface area contributed by atoms with Gasteiger partial charge >= 0.3 is 0 Å². The zero-order chi connectivity index (χ0) is 12.2. The maximum absolute atomic E-state index is 11.7. The van der Waals surface area contributed by atoms with Crippen molar-refractivity contribution in [3.8, 4) is 6.07 Å². The van der Waals surface area contributed by atoms with Crippen molar-refractivity contribution in [1.29, 1.82) is 5.26 Å². The Morgan fingerprint density at radius 2 is 2.19 bits per heavy atom. The number of nitrogens with one attached hydrogen (secondary N) is 1. The van der Waals surface area contributed by atoms with Gasteiger partial charge in [-0.05, 0) is 18.2 Å². The summed E-state index contributed by atoms with van der Waals surface area (Å²) in [6.45, 7) is 0.293. The highest BCUT2D eigenvalue weighted by Crippen LogP contribution is 2.19. The lowest BCUT2D eigenvalue weighted by Crippen LogP contribution is -2.29. The summed E-state index contributed by atoms with van der Waals surface area (Å²) in [6.07, 6.45) is 0. The first-order valence-corrected chi connectivity index (χ1v) is 6.27. The van der Waals surface area contributed by atoms with Gasteiger partial charge in [0.1, 0.15) is 11.0 Å². The van der Waals surface area contributed by atoms with E-state index in [9.17, 15) is 8.42 Å². The van der Waals surface area contributed by atoms with E-state index in [2.05, 4.69) is 4.72 Å². The standard InChI is InChI=1S/C9H10ClN3O2S/c10-8-2-1-7(6-12)9(5-8)16(14,15)13-4-3-11/h1-2,5,13H,3-4,11H2. The molecular formula is C9H10ClN3O2S.